The summed E-state index contributed by atoms with van der Waals surface area (Å²) in [6.07, 6.45) is -7.02. The molecule has 1 aliphatic heterocycles. The van der Waals surface area contributed by atoms with E-state index in [0.29, 0.717) is 24.3 Å². The lowest BCUT2D eigenvalue weighted by atomic mass is 9.82. The molecule has 218 valence electrons. The summed E-state index contributed by atoms with van der Waals surface area (Å²) in [7, 11) is 0. The minimum atomic E-state index is -4.91. The highest BCUT2D eigenvalue weighted by Crippen LogP contribution is 2.55. The zero-order chi connectivity index (χ0) is 30.1. The molecule has 0 spiro atoms. The van der Waals surface area contributed by atoms with Crippen LogP contribution in [0.2, 0.25) is 0 Å². The summed E-state index contributed by atoms with van der Waals surface area (Å²) in [5.41, 5.74) is -7.71. The number of carbonyl (C=O) groups excluding carboxylic acids is 1. The predicted octanol–water partition coefficient (Wildman–Crippen LogP) is 6.02. The number of alkyl halides is 6. The topological polar surface area (TPSA) is 76.4 Å². The molecule has 2 aromatic carbocycles. The number of nitrogens with one attached hydrogen (secondary N) is 1. The van der Waals surface area contributed by atoms with Gasteiger partial charge >= 0.3 is 12.4 Å². The molecule has 12 heteroatoms. The highest BCUT2D eigenvalue weighted by molar-refractivity contribution is 6.00. The van der Waals surface area contributed by atoms with Gasteiger partial charge in [-0.3, -0.25) is 9.69 Å². The van der Waals surface area contributed by atoms with Crippen molar-refractivity contribution in [3.8, 4) is 17.9 Å². The maximum atomic E-state index is 14.8. The number of nitrogens with zero attached hydrogens (tertiary/aromatic N) is 2. The number of carbonyl (C=O) groups is 1. The van der Waals surface area contributed by atoms with Crippen LogP contribution in [0, 0.1) is 29.0 Å². The van der Waals surface area contributed by atoms with Crippen molar-refractivity contribution < 1.29 is 40.6 Å². The third kappa shape index (κ3) is 7.00. The van der Waals surface area contributed by atoms with Gasteiger partial charge in [0.2, 0.25) is 5.60 Å². The first-order chi connectivity index (χ1) is 19.2. The molecule has 2 N–H and O–H groups in total. The van der Waals surface area contributed by atoms with Crippen molar-refractivity contribution in [1.82, 2.24) is 4.90 Å². The number of likely N-dealkylation sites (tertiary alicyclic amines) is 1. The molecule has 0 aromatic heterocycles. The van der Waals surface area contributed by atoms with Crippen LogP contribution in [0.5, 0.6) is 0 Å². The molecule has 1 saturated heterocycles. The molecule has 0 radical (unpaired) electrons. The van der Waals surface area contributed by atoms with E-state index in [4.69, 9.17) is 5.26 Å². The summed E-state index contributed by atoms with van der Waals surface area (Å²) in [5, 5.41) is 22.8. The molecule has 1 unspecified atom stereocenters. The minimum Gasteiger partial charge on any atom is -0.369 e. The van der Waals surface area contributed by atoms with Crippen LogP contribution in [-0.4, -0.2) is 41.1 Å². The maximum Gasteiger partial charge on any atom is 0.417 e. The van der Waals surface area contributed by atoms with Gasteiger partial charge in [0.15, 0.2) is 0 Å². The molecule has 1 saturated carbocycles. The molecule has 1 heterocycles. The van der Waals surface area contributed by atoms with E-state index in [0.717, 1.165) is 44.5 Å². The van der Waals surface area contributed by atoms with Gasteiger partial charge in [0.05, 0.1) is 29.3 Å². The van der Waals surface area contributed by atoms with Crippen molar-refractivity contribution in [2.24, 2.45) is 0 Å². The van der Waals surface area contributed by atoms with E-state index in [1.54, 1.807) is 0 Å². The Hall–Kier alpha value is -3.61. The van der Waals surface area contributed by atoms with E-state index >= 15 is 0 Å². The Morgan fingerprint density at radius 2 is 1.68 bits per heavy atom. The molecular weight excluding hydrogens is 555 g/mol. The van der Waals surface area contributed by atoms with E-state index in [9.17, 15) is 40.6 Å². The summed E-state index contributed by atoms with van der Waals surface area (Å²) in [6.45, 7) is 1.66. The van der Waals surface area contributed by atoms with Crippen LogP contribution in [0.15, 0.2) is 36.4 Å². The Morgan fingerprint density at radius 1 is 1.00 bits per heavy atom. The van der Waals surface area contributed by atoms with Gasteiger partial charge < -0.3 is 10.4 Å². The SMILES string of the molecule is N#Cc1ccc(NC(=O)C(O)(C#CCN2CCCCC2)CC2(c3cc(C(F)(F)F)ccc3F)CC2)cc1C(F)(F)F. The summed E-state index contributed by atoms with van der Waals surface area (Å²) in [5.74, 6) is 3.07. The monoisotopic (exact) mass is 581 g/mol. The Kier molecular flexibility index (Phi) is 8.40. The van der Waals surface area contributed by atoms with Crippen LogP contribution in [0.3, 0.4) is 0 Å². The molecular formula is C29H26F7N3O2. The molecule has 5 nitrogen and oxygen atoms in total. The largest absolute Gasteiger partial charge is 0.417 e. The Bertz CT molecular complexity index is 1410. The first kappa shape index (κ1) is 30.4. The quantitative estimate of drug-likeness (QED) is 0.324. The zero-order valence-corrected chi connectivity index (χ0v) is 21.7. The van der Waals surface area contributed by atoms with E-state index in [2.05, 4.69) is 17.2 Å². The third-order valence-corrected chi connectivity index (χ3v) is 7.44. The summed E-state index contributed by atoms with van der Waals surface area (Å²) >= 11 is 0. The molecule has 2 aliphatic rings. The Morgan fingerprint density at radius 3 is 2.27 bits per heavy atom. The van der Waals surface area contributed by atoms with E-state index in [1.807, 2.05) is 4.90 Å². The maximum absolute atomic E-state index is 14.8. The number of anilines is 1. The standard InChI is InChI=1S/C29H26F7N3O2/c30-24-8-6-20(28(31,32)33)15-23(24)26(10-11-26)18-27(41,9-4-14-39-12-2-1-3-13-39)25(40)38-21-7-5-19(17-37)22(16-21)29(34,35)36/h5-8,15-16,41H,1-3,10-14,18H2,(H,38,40). The van der Waals surface area contributed by atoms with Gasteiger partial charge in [-0.1, -0.05) is 18.3 Å². The smallest absolute Gasteiger partial charge is 0.369 e. The second kappa shape index (κ2) is 11.3. The molecule has 0 bridgehead atoms. The lowest BCUT2D eigenvalue weighted by Crippen LogP contribution is -2.45. The van der Waals surface area contributed by atoms with Crippen molar-refractivity contribution >= 4 is 11.6 Å². The fraction of sp³-hybridized carbons (Fsp3) is 0.448. The van der Waals surface area contributed by atoms with Gasteiger partial charge in [-0.05, 0) is 80.7 Å². The number of hydrogen-bond donors (Lipinski definition) is 2. The molecule has 1 amide bonds. The van der Waals surface area contributed by atoms with Gasteiger partial charge in [-0.15, -0.1) is 0 Å². The van der Waals surface area contributed by atoms with Crippen LogP contribution < -0.4 is 5.32 Å². The number of hydrogen-bond acceptors (Lipinski definition) is 4. The van der Waals surface area contributed by atoms with E-state index < -0.39 is 58.2 Å². The molecule has 4 rings (SSSR count). The normalized spacial score (nSPS) is 18.4. The molecule has 1 aliphatic carbocycles. The van der Waals surface area contributed by atoms with E-state index in [1.165, 1.54) is 6.07 Å². The van der Waals surface area contributed by atoms with Crippen LogP contribution in [0.4, 0.5) is 36.4 Å². The average molecular weight is 582 g/mol. The highest BCUT2D eigenvalue weighted by Gasteiger charge is 2.54. The van der Waals surface area contributed by atoms with Crippen LogP contribution >= 0.6 is 0 Å². The number of piperidine rings is 1. The second-order valence-corrected chi connectivity index (χ2v) is 10.5. The molecule has 1 atom stereocenters. The fourth-order valence-corrected chi connectivity index (χ4v) is 5.07. The minimum absolute atomic E-state index is 0.156. The van der Waals surface area contributed by atoms with Crippen LogP contribution in [-0.2, 0) is 22.6 Å². The van der Waals surface area contributed by atoms with Crippen molar-refractivity contribution in [3.63, 3.8) is 0 Å². The predicted molar refractivity (Wildman–Crippen MR) is 135 cm³/mol. The van der Waals surface area contributed by atoms with Crippen molar-refractivity contribution in [3.05, 3.63) is 64.5 Å². The number of aliphatic hydroxyl groups is 1. The van der Waals surface area contributed by atoms with Gasteiger partial charge in [0.1, 0.15) is 5.82 Å². The average Bonchev–Trinajstić information content (AvgIpc) is 3.68. The van der Waals surface area contributed by atoms with E-state index in [-0.39, 0.29) is 30.6 Å². The highest BCUT2D eigenvalue weighted by atomic mass is 19.4. The van der Waals surface area contributed by atoms with Crippen molar-refractivity contribution in [1.29, 1.82) is 5.26 Å². The van der Waals surface area contributed by atoms with Gasteiger partial charge in [0.25, 0.3) is 5.91 Å². The van der Waals surface area contributed by atoms with Gasteiger partial charge in [-0.2, -0.15) is 31.6 Å². The lowest BCUT2D eigenvalue weighted by Gasteiger charge is -2.28. The Labute approximate surface area is 231 Å². The second-order valence-electron chi connectivity index (χ2n) is 10.5. The van der Waals surface area contributed by atoms with Crippen LogP contribution in [0.1, 0.15) is 60.8 Å². The first-order valence-electron chi connectivity index (χ1n) is 12.9. The number of nitriles is 1. The Balaban J connectivity index is 1.68. The van der Waals surface area contributed by atoms with Gasteiger partial charge in [-0.25, -0.2) is 4.39 Å². The van der Waals surface area contributed by atoms with Crippen molar-refractivity contribution in [2.75, 3.05) is 25.0 Å². The zero-order valence-electron chi connectivity index (χ0n) is 21.7. The van der Waals surface area contributed by atoms with Crippen molar-refractivity contribution in [2.45, 2.75) is 61.9 Å². The molecule has 2 aromatic rings. The fourth-order valence-electron chi connectivity index (χ4n) is 5.07. The van der Waals surface area contributed by atoms with Crippen LogP contribution in [0.25, 0.3) is 0 Å². The lowest BCUT2D eigenvalue weighted by molar-refractivity contribution is -0.138. The summed E-state index contributed by atoms with van der Waals surface area (Å²) < 4.78 is 95.3. The number of benzene rings is 2. The number of rotatable bonds is 6. The number of amides is 1. The molecule has 2 fully saturated rings. The van der Waals surface area contributed by atoms with Gasteiger partial charge in [0, 0.05) is 17.5 Å². The first-order valence-corrected chi connectivity index (χ1v) is 12.9. The number of halogens is 7. The summed E-state index contributed by atoms with van der Waals surface area (Å²) in [4.78, 5) is 15.4. The molecule has 41 heavy (non-hydrogen) atoms. The third-order valence-electron chi connectivity index (χ3n) is 7.44. The summed E-state index contributed by atoms with van der Waals surface area (Å²) in [6, 6.07) is 5.79.